The summed E-state index contributed by atoms with van der Waals surface area (Å²) in [4.78, 5) is 27.5. The fourth-order valence-corrected chi connectivity index (χ4v) is 1.82. The zero-order valence-corrected chi connectivity index (χ0v) is 9.26. The molecule has 0 spiro atoms. The molecule has 0 aromatic rings. The van der Waals surface area contributed by atoms with Crippen LogP contribution in [0.25, 0.3) is 0 Å². The molecular weight excluding hydrogens is 226 g/mol. The number of likely N-dealkylation sites (N-methyl/N-ethyl adjacent to an activating group) is 1. The fraction of sp³-hybridized carbons (Fsp3) is 0.300. The second-order valence-electron chi connectivity index (χ2n) is 3.95. The molecule has 0 radical (unpaired) electrons. The molecule has 17 heavy (non-hydrogen) atoms. The first-order valence-electron chi connectivity index (χ1n) is 4.84. The van der Waals surface area contributed by atoms with E-state index in [1.807, 2.05) is 0 Å². The van der Waals surface area contributed by atoms with Crippen molar-refractivity contribution in [2.24, 2.45) is 4.99 Å². The number of aliphatic imine (C=N–C) groups is 1. The first-order chi connectivity index (χ1) is 7.88. The van der Waals surface area contributed by atoms with Gasteiger partial charge in [-0.15, -0.1) is 0 Å². The summed E-state index contributed by atoms with van der Waals surface area (Å²) in [6, 6.07) is 0. The second-order valence-corrected chi connectivity index (χ2v) is 3.95. The Morgan fingerprint density at radius 2 is 2.12 bits per heavy atom. The number of rotatable bonds is 2. The third kappa shape index (κ3) is 1.39. The van der Waals surface area contributed by atoms with Gasteiger partial charge >= 0.3 is 11.9 Å². The molecule has 0 aromatic heterocycles. The number of fused-ring (bicyclic) bond motifs is 1. The molecule has 0 aliphatic carbocycles. The maximum Gasteiger partial charge on any atom is 0.353 e. The number of aliphatic carboxylic acids is 2. The maximum absolute atomic E-state index is 11.3. The van der Waals surface area contributed by atoms with E-state index < -0.39 is 17.6 Å². The standard InChI is InChI=1S/C10H11N3O4/c1-10(9(16)17)12-6-4-11-3-5(6)7(8(14)15)13(10)2/h3-4,12H,1-2H3,(H,14,15)(H,16,17). The highest BCUT2D eigenvalue weighted by molar-refractivity contribution is 6.01. The van der Waals surface area contributed by atoms with Crippen LogP contribution < -0.4 is 5.32 Å². The molecule has 2 heterocycles. The van der Waals surface area contributed by atoms with Gasteiger partial charge in [-0.3, -0.25) is 4.99 Å². The van der Waals surface area contributed by atoms with Gasteiger partial charge in [0.05, 0.1) is 11.9 Å². The van der Waals surface area contributed by atoms with Crippen molar-refractivity contribution in [1.82, 2.24) is 10.2 Å². The van der Waals surface area contributed by atoms with Crippen LogP contribution in [-0.2, 0) is 9.59 Å². The van der Waals surface area contributed by atoms with Crippen LogP contribution in [0.3, 0.4) is 0 Å². The highest BCUT2D eigenvalue weighted by atomic mass is 16.4. The van der Waals surface area contributed by atoms with Crippen molar-refractivity contribution in [3.8, 4) is 0 Å². The number of carboxylic acid groups (broad SMARTS) is 2. The molecule has 2 aliphatic rings. The van der Waals surface area contributed by atoms with E-state index in [-0.39, 0.29) is 5.70 Å². The smallest absolute Gasteiger partial charge is 0.353 e. The zero-order valence-electron chi connectivity index (χ0n) is 9.26. The number of hydrogen-bond acceptors (Lipinski definition) is 5. The van der Waals surface area contributed by atoms with Gasteiger partial charge in [0.1, 0.15) is 5.70 Å². The fourth-order valence-electron chi connectivity index (χ4n) is 1.82. The third-order valence-electron chi connectivity index (χ3n) is 2.96. The predicted molar refractivity (Wildman–Crippen MR) is 58.2 cm³/mol. The first-order valence-corrected chi connectivity index (χ1v) is 4.84. The summed E-state index contributed by atoms with van der Waals surface area (Å²) in [5.41, 5.74) is -0.790. The lowest BCUT2D eigenvalue weighted by molar-refractivity contribution is -0.151. The highest BCUT2D eigenvalue weighted by Crippen LogP contribution is 2.30. The molecule has 2 rings (SSSR count). The van der Waals surface area contributed by atoms with Crippen LogP contribution in [0.4, 0.5) is 0 Å². The van der Waals surface area contributed by atoms with Crippen LogP contribution in [0.5, 0.6) is 0 Å². The Morgan fingerprint density at radius 1 is 1.47 bits per heavy atom. The van der Waals surface area contributed by atoms with E-state index in [1.165, 1.54) is 31.3 Å². The van der Waals surface area contributed by atoms with E-state index in [1.54, 1.807) is 0 Å². The van der Waals surface area contributed by atoms with E-state index in [9.17, 15) is 14.7 Å². The van der Waals surface area contributed by atoms with Gasteiger partial charge in [0, 0.05) is 18.8 Å². The molecule has 3 N–H and O–H groups in total. The summed E-state index contributed by atoms with van der Waals surface area (Å²) in [5, 5.41) is 21.1. The minimum Gasteiger partial charge on any atom is -0.478 e. The Bertz CT molecular complexity index is 506. The van der Waals surface area contributed by atoms with E-state index in [0.29, 0.717) is 11.3 Å². The monoisotopic (exact) mass is 237 g/mol. The summed E-state index contributed by atoms with van der Waals surface area (Å²) < 4.78 is 0. The van der Waals surface area contributed by atoms with Gasteiger partial charge in [-0.1, -0.05) is 0 Å². The summed E-state index contributed by atoms with van der Waals surface area (Å²) in [5.74, 6) is -2.35. The highest BCUT2D eigenvalue weighted by Gasteiger charge is 2.46. The molecule has 7 nitrogen and oxygen atoms in total. The number of carbonyl (C=O) groups is 2. The molecule has 90 valence electrons. The Balaban J connectivity index is 2.61. The quantitative estimate of drug-likeness (QED) is 0.603. The summed E-state index contributed by atoms with van der Waals surface area (Å²) in [6.45, 7) is 1.40. The van der Waals surface area contributed by atoms with Gasteiger partial charge in [-0.25, -0.2) is 9.59 Å². The number of hydrogen-bond donors (Lipinski definition) is 3. The van der Waals surface area contributed by atoms with Crippen LogP contribution in [-0.4, -0.2) is 46.0 Å². The van der Waals surface area contributed by atoms with E-state index in [4.69, 9.17) is 5.11 Å². The maximum atomic E-state index is 11.3. The van der Waals surface area contributed by atoms with Crippen molar-refractivity contribution < 1.29 is 19.8 Å². The lowest BCUT2D eigenvalue weighted by Crippen LogP contribution is -2.63. The largest absolute Gasteiger partial charge is 0.478 e. The first kappa shape index (κ1) is 11.2. The summed E-state index contributed by atoms with van der Waals surface area (Å²) >= 11 is 0. The molecular formula is C10H11N3O4. The molecule has 1 unspecified atom stereocenters. The Labute approximate surface area is 96.7 Å². The van der Waals surface area contributed by atoms with Crippen molar-refractivity contribution >= 4 is 18.2 Å². The SMILES string of the molecule is CN1C(C(=O)O)=C2C=NC=C2NC1(C)C(=O)O. The second kappa shape index (κ2) is 3.34. The molecule has 0 saturated heterocycles. The lowest BCUT2D eigenvalue weighted by atomic mass is 10.0. The third-order valence-corrected chi connectivity index (χ3v) is 2.96. The van der Waals surface area contributed by atoms with E-state index >= 15 is 0 Å². The van der Waals surface area contributed by atoms with Gasteiger partial charge < -0.3 is 20.4 Å². The van der Waals surface area contributed by atoms with Gasteiger partial charge in [0.25, 0.3) is 0 Å². The normalized spacial score (nSPS) is 26.5. The van der Waals surface area contributed by atoms with E-state index in [2.05, 4.69) is 10.3 Å². The minimum atomic E-state index is -1.50. The van der Waals surface area contributed by atoms with Crippen molar-refractivity contribution in [3.63, 3.8) is 0 Å². The van der Waals surface area contributed by atoms with Crippen LogP contribution in [0.15, 0.2) is 28.2 Å². The van der Waals surface area contributed by atoms with Gasteiger partial charge in [-0.2, -0.15) is 0 Å². The van der Waals surface area contributed by atoms with Gasteiger partial charge in [0.15, 0.2) is 0 Å². The molecule has 1 atom stereocenters. The molecule has 0 bridgehead atoms. The average molecular weight is 237 g/mol. The van der Waals surface area contributed by atoms with Crippen LogP contribution in [0, 0.1) is 0 Å². The number of nitrogens with one attached hydrogen (secondary N) is 1. The van der Waals surface area contributed by atoms with Crippen molar-refractivity contribution in [2.45, 2.75) is 12.6 Å². The van der Waals surface area contributed by atoms with Crippen molar-refractivity contribution in [2.75, 3.05) is 7.05 Å². The minimum absolute atomic E-state index is 0.0823. The van der Waals surface area contributed by atoms with Crippen LogP contribution >= 0.6 is 0 Å². The Morgan fingerprint density at radius 3 is 2.65 bits per heavy atom. The van der Waals surface area contributed by atoms with Crippen molar-refractivity contribution in [1.29, 1.82) is 0 Å². The number of allylic oxidation sites excluding steroid dienone is 1. The lowest BCUT2D eigenvalue weighted by Gasteiger charge is -2.42. The van der Waals surface area contributed by atoms with Gasteiger partial charge in [0.2, 0.25) is 5.66 Å². The number of nitrogens with zero attached hydrogens (tertiary/aromatic N) is 2. The predicted octanol–water partition coefficient (Wildman–Crippen LogP) is -0.413. The van der Waals surface area contributed by atoms with Crippen LogP contribution in [0.1, 0.15) is 6.92 Å². The molecule has 0 fully saturated rings. The van der Waals surface area contributed by atoms with Gasteiger partial charge in [-0.05, 0) is 6.92 Å². The average Bonchev–Trinajstić information content (AvgIpc) is 2.65. The molecule has 2 aliphatic heterocycles. The molecule has 0 aromatic carbocycles. The zero-order chi connectivity index (χ0) is 12.8. The molecule has 0 saturated carbocycles. The van der Waals surface area contributed by atoms with Crippen molar-refractivity contribution in [3.05, 3.63) is 23.2 Å². The summed E-state index contributed by atoms with van der Waals surface area (Å²) in [7, 11) is 1.42. The Hall–Kier alpha value is -2.31. The topological polar surface area (TPSA) is 102 Å². The Kier molecular flexibility index (Phi) is 2.20. The van der Waals surface area contributed by atoms with Crippen LogP contribution in [0.2, 0.25) is 0 Å². The van der Waals surface area contributed by atoms with E-state index in [0.717, 1.165) is 0 Å². The molecule has 0 amide bonds. The molecule has 7 heteroatoms. The summed E-state index contributed by atoms with van der Waals surface area (Å²) in [6.07, 6.45) is 2.80. The number of carboxylic acids is 2.